The molecule has 1 N–H and O–H groups in total. The van der Waals surface area contributed by atoms with Gasteiger partial charge in [0.05, 0.1) is 19.3 Å². The van der Waals surface area contributed by atoms with E-state index in [0.717, 1.165) is 49.7 Å². The van der Waals surface area contributed by atoms with Gasteiger partial charge in [0.2, 0.25) is 5.91 Å². The van der Waals surface area contributed by atoms with Crippen LogP contribution in [0.25, 0.3) is 0 Å². The summed E-state index contributed by atoms with van der Waals surface area (Å²) < 4.78 is 7.71. The van der Waals surface area contributed by atoms with Gasteiger partial charge in [0.25, 0.3) is 0 Å². The van der Waals surface area contributed by atoms with Crippen molar-refractivity contribution >= 4 is 17.6 Å². The minimum absolute atomic E-state index is 0.0113. The van der Waals surface area contributed by atoms with E-state index in [2.05, 4.69) is 26.4 Å². The summed E-state index contributed by atoms with van der Waals surface area (Å²) in [5.74, 6) is 1.05. The second-order valence-electron chi connectivity index (χ2n) is 7.75. The third-order valence-corrected chi connectivity index (χ3v) is 5.71. The van der Waals surface area contributed by atoms with Gasteiger partial charge in [0, 0.05) is 57.6 Å². The van der Waals surface area contributed by atoms with E-state index >= 15 is 0 Å². The van der Waals surface area contributed by atoms with Crippen LogP contribution in [-0.2, 0) is 23.0 Å². The molecule has 8 heteroatoms. The number of nitrogens with one attached hydrogen (secondary N) is 1. The van der Waals surface area contributed by atoms with E-state index in [-0.39, 0.29) is 12.0 Å². The summed E-state index contributed by atoms with van der Waals surface area (Å²) in [6, 6.07) is 8.18. The summed E-state index contributed by atoms with van der Waals surface area (Å²) in [6.45, 7) is 3.67. The lowest BCUT2D eigenvalue weighted by atomic mass is 10.1. The minimum Gasteiger partial charge on any atom is -0.370 e. The molecule has 0 radical (unpaired) electrons. The number of carbonyl (C=O) groups excluding carboxylic acids is 1. The van der Waals surface area contributed by atoms with Gasteiger partial charge in [0.15, 0.2) is 5.96 Å². The Labute approximate surface area is 177 Å². The molecule has 2 aliphatic heterocycles. The number of fused-ring (bicyclic) bond motifs is 1. The first kappa shape index (κ1) is 20.4. The number of hydrogen-bond acceptors (Lipinski definition) is 4. The molecule has 2 aliphatic rings. The number of aromatic nitrogens is 2. The van der Waals surface area contributed by atoms with Gasteiger partial charge in [-0.05, 0) is 24.5 Å². The van der Waals surface area contributed by atoms with Crippen molar-refractivity contribution in [1.29, 1.82) is 0 Å². The van der Waals surface area contributed by atoms with Crippen molar-refractivity contribution in [2.24, 2.45) is 12.0 Å². The second kappa shape index (κ2) is 9.30. The molecule has 1 saturated heterocycles. The maximum Gasteiger partial charge on any atom is 0.227 e. The van der Waals surface area contributed by atoms with Gasteiger partial charge >= 0.3 is 0 Å². The number of rotatable bonds is 5. The monoisotopic (exact) mass is 410 g/mol. The average Bonchev–Trinajstić information content (AvgIpc) is 3.40. The number of aliphatic imine (C=N–C) groups is 1. The zero-order chi connectivity index (χ0) is 20.9. The highest BCUT2D eigenvalue weighted by atomic mass is 16.5. The third-order valence-electron chi connectivity index (χ3n) is 5.71. The van der Waals surface area contributed by atoms with Gasteiger partial charge in [-0.3, -0.25) is 14.5 Å². The summed E-state index contributed by atoms with van der Waals surface area (Å²) in [7, 11) is 3.70. The molecule has 0 bridgehead atoms. The first-order valence-electron chi connectivity index (χ1n) is 10.6. The molecule has 30 heavy (non-hydrogen) atoms. The maximum atomic E-state index is 12.7. The lowest BCUT2D eigenvalue weighted by Gasteiger charge is -2.34. The maximum absolute atomic E-state index is 12.7. The van der Waals surface area contributed by atoms with Crippen molar-refractivity contribution in [2.75, 3.05) is 44.7 Å². The third kappa shape index (κ3) is 4.48. The van der Waals surface area contributed by atoms with Gasteiger partial charge in [-0.2, -0.15) is 5.10 Å². The SMILES string of the molecule is CN=C(NCCCC(=O)N1CCc2ccccc21)N1CCOC(c2cnn(C)c2)C1. The van der Waals surface area contributed by atoms with Crippen molar-refractivity contribution < 1.29 is 9.53 Å². The van der Waals surface area contributed by atoms with Gasteiger partial charge < -0.3 is 19.9 Å². The molecule has 0 spiro atoms. The molecule has 1 aromatic heterocycles. The van der Waals surface area contributed by atoms with Crippen LogP contribution in [0.2, 0.25) is 0 Å². The van der Waals surface area contributed by atoms with E-state index < -0.39 is 0 Å². The van der Waals surface area contributed by atoms with Crippen molar-refractivity contribution in [3.05, 3.63) is 47.8 Å². The largest absolute Gasteiger partial charge is 0.370 e. The van der Waals surface area contributed by atoms with E-state index in [0.29, 0.717) is 19.6 Å². The number of aryl methyl sites for hydroxylation is 1. The smallest absolute Gasteiger partial charge is 0.227 e. The Hall–Kier alpha value is -2.87. The van der Waals surface area contributed by atoms with Crippen LogP contribution < -0.4 is 10.2 Å². The van der Waals surface area contributed by atoms with Gasteiger partial charge in [-0.25, -0.2) is 0 Å². The molecule has 1 atom stereocenters. The summed E-state index contributed by atoms with van der Waals surface area (Å²) in [6.07, 6.45) is 6.08. The Morgan fingerprint density at radius 2 is 2.20 bits per heavy atom. The fourth-order valence-electron chi connectivity index (χ4n) is 4.15. The normalized spacial score (nSPS) is 19.1. The molecule has 0 aliphatic carbocycles. The van der Waals surface area contributed by atoms with E-state index in [1.165, 1.54) is 5.56 Å². The molecular weight excluding hydrogens is 380 g/mol. The van der Waals surface area contributed by atoms with Gasteiger partial charge in [-0.1, -0.05) is 18.2 Å². The molecule has 1 aromatic carbocycles. The van der Waals surface area contributed by atoms with Crippen molar-refractivity contribution in [3.8, 4) is 0 Å². The molecule has 8 nitrogen and oxygen atoms in total. The zero-order valence-electron chi connectivity index (χ0n) is 17.8. The number of para-hydroxylation sites is 1. The van der Waals surface area contributed by atoms with E-state index in [4.69, 9.17) is 4.74 Å². The fourth-order valence-corrected chi connectivity index (χ4v) is 4.15. The minimum atomic E-state index is -0.0113. The Morgan fingerprint density at radius 3 is 3.00 bits per heavy atom. The molecule has 1 unspecified atom stereocenters. The number of anilines is 1. The number of amides is 1. The van der Waals surface area contributed by atoms with Crippen molar-refractivity contribution in [2.45, 2.75) is 25.4 Å². The average molecular weight is 411 g/mol. The van der Waals surface area contributed by atoms with Crippen LogP contribution in [0.4, 0.5) is 5.69 Å². The standard InChI is InChI=1S/C22H30N6O2/c1-23-22(27-12-13-30-20(16-27)18-14-25-26(2)15-18)24-10-5-8-21(29)28-11-9-17-6-3-4-7-19(17)28/h3-4,6-7,14-15,20H,5,8-13,16H2,1-2H3,(H,23,24). The number of morpholine rings is 1. The Morgan fingerprint density at radius 1 is 1.33 bits per heavy atom. The molecule has 0 saturated carbocycles. The number of carbonyl (C=O) groups is 1. The van der Waals surface area contributed by atoms with Crippen molar-refractivity contribution in [3.63, 3.8) is 0 Å². The summed E-state index contributed by atoms with van der Waals surface area (Å²) in [5.41, 5.74) is 3.41. The van der Waals surface area contributed by atoms with Crippen molar-refractivity contribution in [1.82, 2.24) is 20.0 Å². The number of nitrogens with zero attached hydrogens (tertiary/aromatic N) is 5. The highest BCUT2D eigenvalue weighted by Crippen LogP contribution is 2.28. The Balaban J connectivity index is 1.24. The topological polar surface area (TPSA) is 75.0 Å². The highest BCUT2D eigenvalue weighted by Gasteiger charge is 2.26. The molecule has 160 valence electrons. The highest BCUT2D eigenvalue weighted by molar-refractivity contribution is 5.95. The van der Waals surface area contributed by atoms with Crippen LogP contribution in [0.15, 0.2) is 41.7 Å². The predicted molar refractivity (Wildman–Crippen MR) is 117 cm³/mol. The van der Waals surface area contributed by atoms with Crippen LogP contribution in [0, 0.1) is 0 Å². The van der Waals surface area contributed by atoms with E-state index in [1.807, 2.05) is 42.5 Å². The summed E-state index contributed by atoms with van der Waals surface area (Å²) in [4.78, 5) is 21.2. The van der Waals surface area contributed by atoms with Crippen LogP contribution in [0.1, 0.15) is 30.1 Å². The number of guanidine groups is 1. The second-order valence-corrected chi connectivity index (χ2v) is 7.75. The quantitative estimate of drug-likeness (QED) is 0.462. The first-order valence-corrected chi connectivity index (χ1v) is 10.6. The van der Waals surface area contributed by atoms with Crippen LogP contribution in [0.3, 0.4) is 0 Å². The Bertz CT molecular complexity index is 909. The number of hydrogen-bond donors (Lipinski definition) is 1. The van der Waals surface area contributed by atoms with Gasteiger partial charge in [-0.15, -0.1) is 0 Å². The van der Waals surface area contributed by atoms with Crippen LogP contribution in [-0.4, -0.2) is 66.4 Å². The first-order chi connectivity index (χ1) is 14.7. The predicted octanol–water partition coefficient (Wildman–Crippen LogP) is 1.74. The summed E-state index contributed by atoms with van der Waals surface area (Å²) >= 11 is 0. The van der Waals surface area contributed by atoms with Gasteiger partial charge in [0.1, 0.15) is 6.10 Å². The number of ether oxygens (including phenoxy) is 1. The molecule has 1 fully saturated rings. The summed E-state index contributed by atoms with van der Waals surface area (Å²) in [5, 5.41) is 7.65. The molecule has 1 amide bonds. The number of benzene rings is 1. The molecular formula is C22H30N6O2. The Kier molecular flexibility index (Phi) is 6.32. The molecule has 3 heterocycles. The lowest BCUT2D eigenvalue weighted by molar-refractivity contribution is -0.118. The zero-order valence-corrected chi connectivity index (χ0v) is 17.8. The van der Waals surface area contributed by atoms with Crippen LogP contribution >= 0.6 is 0 Å². The van der Waals surface area contributed by atoms with E-state index in [9.17, 15) is 4.79 Å². The van der Waals surface area contributed by atoms with Crippen LogP contribution in [0.5, 0.6) is 0 Å². The molecule has 4 rings (SSSR count). The lowest BCUT2D eigenvalue weighted by Crippen LogP contribution is -2.48. The fraction of sp³-hybridized carbons (Fsp3) is 0.500. The van der Waals surface area contributed by atoms with E-state index in [1.54, 1.807) is 11.7 Å². The molecule has 2 aromatic rings.